The average Bonchev–Trinajstić information content (AvgIpc) is 2.48. The van der Waals surface area contributed by atoms with Crippen LogP contribution in [0.15, 0.2) is 24.3 Å². The molecule has 5 heteroatoms. The predicted octanol–water partition coefficient (Wildman–Crippen LogP) is 3.94. The quantitative estimate of drug-likeness (QED) is 0.670. The Balaban J connectivity index is 2.40. The zero-order valence-electron chi connectivity index (χ0n) is 14.8. The topological polar surface area (TPSA) is 50.4 Å². The Hall–Kier alpha value is -1.20. The molecule has 0 aliphatic rings. The minimum Gasteiger partial charge on any atom is -0.444 e. The van der Waals surface area contributed by atoms with Crippen LogP contribution >= 0.6 is 11.8 Å². The molecule has 0 atom stereocenters. The third-order valence-electron chi connectivity index (χ3n) is 3.21. The number of thioether (sulfide) groups is 1. The van der Waals surface area contributed by atoms with Gasteiger partial charge in [0.1, 0.15) is 5.60 Å². The van der Waals surface area contributed by atoms with Crippen molar-refractivity contribution in [2.75, 3.05) is 18.6 Å². The molecule has 23 heavy (non-hydrogen) atoms. The van der Waals surface area contributed by atoms with E-state index in [1.54, 1.807) is 0 Å². The first kappa shape index (κ1) is 19.8. The van der Waals surface area contributed by atoms with Gasteiger partial charge in [0, 0.05) is 13.1 Å². The molecule has 2 N–H and O–H groups in total. The maximum atomic E-state index is 11.8. The first-order valence-electron chi connectivity index (χ1n) is 8.15. The van der Waals surface area contributed by atoms with Gasteiger partial charge < -0.3 is 15.4 Å². The molecule has 0 aromatic heterocycles. The standard InChI is InChI=1S/C18H30N2O2S/c1-18(2,3)22-17(21)20-14-16-10-6-5-9-15(16)13-19-11-7-8-12-23-4/h5-6,9-10,19H,7-8,11-14H2,1-4H3,(H,20,21). The van der Waals surface area contributed by atoms with Gasteiger partial charge in [-0.1, -0.05) is 24.3 Å². The van der Waals surface area contributed by atoms with Crippen molar-refractivity contribution in [2.24, 2.45) is 0 Å². The van der Waals surface area contributed by atoms with Crippen LogP contribution in [-0.2, 0) is 17.8 Å². The molecule has 0 saturated heterocycles. The van der Waals surface area contributed by atoms with Crippen molar-refractivity contribution in [3.05, 3.63) is 35.4 Å². The van der Waals surface area contributed by atoms with Crippen molar-refractivity contribution < 1.29 is 9.53 Å². The molecule has 4 nitrogen and oxygen atoms in total. The van der Waals surface area contributed by atoms with Crippen LogP contribution in [0.4, 0.5) is 4.79 Å². The molecule has 130 valence electrons. The van der Waals surface area contributed by atoms with E-state index in [0.717, 1.165) is 18.7 Å². The molecule has 1 aromatic carbocycles. The van der Waals surface area contributed by atoms with Gasteiger partial charge in [-0.15, -0.1) is 0 Å². The normalized spacial score (nSPS) is 11.3. The van der Waals surface area contributed by atoms with Crippen molar-refractivity contribution in [2.45, 2.75) is 52.3 Å². The molecule has 0 saturated carbocycles. The summed E-state index contributed by atoms with van der Waals surface area (Å²) in [5.74, 6) is 1.22. The molecular formula is C18H30N2O2S. The minimum atomic E-state index is -0.470. The molecular weight excluding hydrogens is 308 g/mol. The first-order valence-corrected chi connectivity index (χ1v) is 9.55. The number of nitrogens with one attached hydrogen (secondary N) is 2. The van der Waals surface area contributed by atoms with Crippen LogP contribution in [0.2, 0.25) is 0 Å². The summed E-state index contributed by atoms with van der Waals surface area (Å²) < 4.78 is 5.27. The highest BCUT2D eigenvalue weighted by molar-refractivity contribution is 7.98. The Morgan fingerprint density at radius 3 is 2.39 bits per heavy atom. The lowest BCUT2D eigenvalue weighted by Gasteiger charge is -2.20. The van der Waals surface area contributed by atoms with Crippen molar-refractivity contribution in [1.82, 2.24) is 10.6 Å². The highest BCUT2D eigenvalue weighted by atomic mass is 32.2. The van der Waals surface area contributed by atoms with Gasteiger partial charge >= 0.3 is 6.09 Å². The molecule has 0 heterocycles. The molecule has 0 bridgehead atoms. The minimum absolute atomic E-state index is 0.377. The van der Waals surface area contributed by atoms with Crippen molar-refractivity contribution in [3.8, 4) is 0 Å². The third-order valence-corrected chi connectivity index (χ3v) is 3.90. The Bertz CT molecular complexity index is 472. The molecule has 0 aliphatic carbocycles. The predicted molar refractivity (Wildman–Crippen MR) is 98.8 cm³/mol. The maximum Gasteiger partial charge on any atom is 0.407 e. The number of benzene rings is 1. The van der Waals surface area contributed by atoms with Gasteiger partial charge in [-0.25, -0.2) is 4.79 Å². The van der Waals surface area contributed by atoms with E-state index in [1.807, 2.05) is 50.7 Å². The molecule has 1 aromatic rings. The number of carbonyl (C=O) groups is 1. The summed E-state index contributed by atoms with van der Waals surface area (Å²) in [4.78, 5) is 11.8. The SMILES string of the molecule is CSCCCCNCc1ccccc1CNC(=O)OC(C)(C)C. The van der Waals surface area contributed by atoms with Crippen LogP contribution < -0.4 is 10.6 Å². The second-order valence-electron chi connectivity index (χ2n) is 6.50. The van der Waals surface area contributed by atoms with Gasteiger partial charge in [-0.2, -0.15) is 11.8 Å². The number of hydrogen-bond donors (Lipinski definition) is 2. The lowest BCUT2D eigenvalue weighted by atomic mass is 10.1. The Morgan fingerprint density at radius 1 is 1.13 bits per heavy atom. The van der Waals surface area contributed by atoms with Crippen molar-refractivity contribution in [1.29, 1.82) is 0 Å². The van der Waals surface area contributed by atoms with Gasteiger partial charge in [0.25, 0.3) is 0 Å². The average molecular weight is 339 g/mol. The van der Waals surface area contributed by atoms with Crippen molar-refractivity contribution in [3.63, 3.8) is 0 Å². The zero-order valence-corrected chi connectivity index (χ0v) is 15.6. The molecule has 1 rings (SSSR count). The van der Waals surface area contributed by atoms with Crippen LogP contribution in [0, 0.1) is 0 Å². The van der Waals surface area contributed by atoms with Gasteiger partial charge in [-0.05, 0) is 63.3 Å². The largest absolute Gasteiger partial charge is 0.444 e. The smallest absolute Gasteiger partial charge is 0.407 e. The van der Waals surface area contributed by atoms with Gasteiger partial charge in [0.2, 0.25) is 0 Å². The molecule has 0 fully saturated rings. The molecule has 0 aliphatic heterocycles. The lowest BCUT2D eigenvalue weighted by Crippen LogP contribution is -2.32. The Labute approximate surface area is 144 Å². The highest BCUT2D eigenvalue weighted by Crippen LogP contribution is 2.10. The zero-order chi connectivity index (χ0) is 17.1. The van der Waals surface area contributed by atoms with Crippen LogP contribution in [0.1, 0.15) is 44.7 Å². The fourth-order valence-corrected chi connectivity index (χ4v) is 2.60. The van der Waals surface area contributed by atoms with E-state index in [2.05, 4.69) is 23.0 Å². The molecule has 0 unspecified atom stereocenters. The number of amides is 1. The molecule has 0 radical (unpaired) electrons. The second kappa shape index (κ2) is 10.6. The number of hydrogen-bond acceptors (Lipinski definition) is 4. The van der Waals surface area contributed by atoms with Crippen LogP contribution in [0.3, 0.4) is 0 Å². The third kappa shape index (κ3) is 9.51. The monoisotopic (exact) mass is 338 g/mol. The van der Waals surface area contributed by atoms with E-state index in [9.17, 15) is 4.79 Å². The van der Waals surface area contributed by atoms with Gasteiger partial charge in [0.05, 0.1) is 0 Å². The summed E-state index contributed by atoms with van der Waals surface area (Å²) in [6, 6.07) is 8.17. The van der Waals surface area contributed by atoms with E-state index in [0.29, 0.717) is 6.54 Å². The van der Waals surface area contributed by atoms with E-state index < -0.39 is 5.60 Å². The van der Waals surface area contributed by atoms with E-state index in [-0.39, 0.29) is 6.09 Å². The molecule has 1 amide bonds. The number of ether oxygens (including phenoxy) is 1. The first-order chi connectivity index (χ1) is 10.9. The highest BCUT2D eigenvalue weighted by Gasteiger charge is 2.15. The second-order valence-corrected chi connectivity index (χ2v) is 7.49. The number of unbranched alkanes of at least 4 members (excludes halogenated alkanes) is 1. The molecule has 0 spiro atoms. The van der Waals surface area contributed by atoms with E-state index >= 15 is 0 Å². The number of alkyl carbamates (subject to hydrolysis) is 1. The van der Waals surface area contributed by atoms with Crippen molar-refractivity contribution >= 4 is 17.9 Å². The Morgan fingerprint density at radius 2 is 1.78 bits per heavy atom. The number of carbonyl (C=O) groups excluding carboxylic acids is 1. The number of rotatable bonds is 9. The summed E-state index contributed by atoms with van der Waals surface area (Å²) >= 11 is 1.89. The van der Waals surface area contributed by atoms with E-state index in [4.69, 9.17) is 4.74 Å². The van der Waals surface area contributed by atoms with Gasteiger partial charge in [0.15, 0.2) is 0 Å². The summed E-state index contributed by atoms with van der Waals surface area (Å²) in [6.07, 6.45) is 4.20. The fraction of sp³-hybridized carbons (Fsp3) is 0.611. The van der Waals surface area contributed by atoms with Crippen LogP contribution in [0.5, 0.6) is 0 Å². The van der Waals surface area contributed by atoms with Gasteiger partial charge in [-0.3, -0.25) is 0 Å². The Kier molecular flexibility index (Phi) is 9.10. The summed E-state index contributed by atoms with van der Waals surface area (Å²) in [5.41, 5.74) is 1.87. The summed E-state index contributed by atoms with van der Waals surface area (Å²) in [6.45, 7) is 7.92. The lowest BCUT2D eigenvalue weighted by molar-refractivity contribution is 0.0523. The van der Waals surface area contributed by atoms with Crippen LogP contribution in [-0.4, -0.2) is 30.2 Å². The van der Waals surface area contributed by atoms with Crippen LogP contribution in [0.25, 0.3) is 0 Å². The van der Waals surface area contributed by atoms with E-state index in [1.165, 1.54) is 24.2 Å². The maximum absolute atomic E-state index is 11.8. The fourth-order valence-electron chi connectivity index (χ4n) is 2.10. The summed E-state index contributed by atoms with van der Waals surface area (Å²) in [7, 11) is 0. The summed E-state index contributed by atoms with van der Waals surface area (Å²) in [5, 5.41) is 6.30.